The number of rotatable bonds is 5. The zero-order valence-corrected chi connectivity index (χ0v) is 14.4. The molecule has 4 aromatic rings. The van der Waals surface area contributed by atoms with E-state index in [-0.39, 0.29) is 0 Å². The lowest BCUT2D eigenvalue weighted by atomic mass is 10.1. The number of hydrogen-bond donors (Lipinski definition) is 2. The minimum atomic E-state index is 0.507. The molecule has 1 aromatic carbocycles. The fourth-order valence-electron chi connectivity index (χ4n) is 2.90. The lowest BCUT2D eigenvalue weighted by Gasteiger charge is -2.04. The molecular weight excluding hydrogens is 316 g/mol. The summed E-state index contributed by atoms with van der Waals surface area (Å²) in [5.74, 6) is 2.11. The summed E-state index contributed by atoms with van der Waals surface area (Å²) in [5.41, 5.74) is 4.67. The van der Waals surface area contributed by atoms with Gasteiger partial charge in [0.05, 0.1) is 30.8 Å². The molecule has 0 atom stereocenters. The Morgan fingerprint density at radius 1 is 1.16 bits per heavy atom. The van der Waals surface area contributed by atoms with Crippen LogP contribution in [-0.4, -0.2) is 37.1 Å². The lowest BCUT2D eigenvalue weighted by molar-refractivity contribution is 0.415. The molecule has 25 heavy (non-hydrogen) atoms. The standard InChI is InChI=1S/C18H20N6O/c1-11(2)10-24-18-15(9-20-24)21-17(22-18)14-8-19-23-16(14)12-4-6-13(25-3)7-5-12/h4-9,11H,10H2,1-3H3,(H,19,23)(H,21,22). The van der Waals surface area contributed by atoms with Crippen LogP contribution >= 0.6 is 0 Å². The van der Waals surface area contributed by atoms with Gasteiger partial charge in [-0.1, -0.05) is 13.8 Å². The van der Waals surface area contributed by atoms with Crippen molar-refractivity contribution in [3.63, 3.8) is 0 Å². The number of ether oxygens (including phenoxy) is 1. The third kappa shape index (κ3) is 2.77. The number of hydrogen-bond acceptors (Lipinski definition) is 4. The second kappa shape index (κ2) is 6.08. The topological polar surface area (TPSA) is 84.4 Å². The smallest absolute Gasteiger partial charge is 0.176 e. The first kappa shape index (κ1) is 15.4. The summed E-state index contributed by atoms with van der Waals surface area (Å²) in [4.78, 5) is 8.09. The highest BCUT2D eigenvalue weighted by molar-refractivity contribution is 5.82. The van der Waals surface area contributed by atoms with Crippen molar-refractivity contribution in [2.45, 2.75) is 20.4 Å². The molecule has 0 aliphatic heterocycles. The van der Waals surface area contributed by atoms with Crippen molar-refractivity contribution in [3.05, 3.63) is 36.7 Å². The van der Waals surface area contributed by atoms with Gasteiger partial charge in [0.2, 0.25) is 0 Å². The quantitative estimate of drug-likeness (QED) is 0.584. The maximum absolute atomic E-state index is 5.22. The van der Waals surface area contributed by atoms with Gasteiger partial charge in [-0.15, -0.1) is 0 Å². The van der Waals surface area contributed by atoms with Gasteiger partial charge in [0, 0.05) is 12.1 Å². The molecule has 4 rings (SSSR count). The molecule has 0 spiro atoms. The predicted octanol–water partition coefficient (Wildman–Crippen LogP) is 3.48. The number of H-pyrrole nitrogens is 2. The largest absolute Gasteiger partial charge is 0.497 e. The molecule has 0 amide bonds. The molecule has 3 aromatic heterocycles. The van der Waals surface area contributed by atoms with Crippen LogP contribution in [0.2, 0.25) is 0 Å². The first-order chi connectivity index (χ1) is 12.2. The van der Waals surface area contributed by atoms with Crippen LogP contribution in [0.15, 0.2) is 36.7 Å². The normalized spacial score (nSPS) is 11.5. The third-order valence-electron chi connectivity index (χ3n) is 4.09. The average Bonchev–Trinajstić information content (AvgIpc) is 3.31. The van der Waals surface area contributed by atoms with E-state index in [0.29, 0.717) is 5.92 Å². The Morgan fingerprint density at radius 3 is 2.68 bits per heavy atom. The number of methoxy groups -OCH3 is 1. The van der Waals surface area contributed by atoms with E-state index >= 15 is 0 Å². The molecule has 2 N–H and O–H groups in total. The van der Waals surface area contributed by atoms with E-state index in [4.69, 9.17) is 9.72 Å². The minimum absolute atomic E-state index is 0.507. The number of imidazole rings is 1. The predicted molar refractivity (Wildman–Crippen MR) is 96.3 cm³/mol. The molecule has 0 saturated carbocycles. The van der Waals surface area contributed by atoms with Crippen LogP contribution in [0.1, 0.15) is 13.8 Å². The van der Waals surface area contributed by atoms with Gasteiger partial charge < -0.3 is 9.72 Å². The van der Waals surface area contributed by atoms with E-state index in [2.05, 4.69) is 34.1 Å². The number of aromatic amines is 2. The summed E-state index contributed by atoms with van der Waals surface area (Å²) < 4.78 is 7.16. The molecule has 3 heterocycles. The highest BCUT2D eigenvalue weighted by atomic mass is 16.5. The Balaban J connectivity index is 1.74. The van der Waals surface area contributed by atoms with Crippen molar-refractivity contribution in [1.29, 1.82) is 0 Å². The highest BCUT2D eigenvalue weighted by Gasteiger charge is 2.16. The van der Waals surface area contributed by atoms with Gasteiger partial charge in [0.25, 0.3) is 0 Å². The number of benzene rings is 1. The number of fused-ring (bicyclic) bond motifs is 1. The summed E-state index contributed by atoms with van der Waals surface area (Å²) in [6.07, 6.45) is 3.61. The van der Waals surface area contributed by atoms with Crippen LogP contribution in [0.25, 0.3) is 33.8 Å². The second-order valence-electron chi connectivity index (χ2n) is 6.43. The molecule has 0 bridgehead atoms. The summed E-state index contributed by atoms with van der Waals surface area (Å²) in [6.45, 7) is 5.17. The fourth-order valence-corrected chi connectivity index (χ4v) is 2.90. The zero-order chi connectivity index (χ0) is 17.4. The number of nitrogens with one attached hydrogen (secondary N) is 2. The molecule has 0 saturated heterocycles. The number of aromatic nitrogens is 6. The van der Waals surface area contributed by atoms with Crippen LogP contribution in [0.5, 0.6) is 5.75 Å². The molecule has 128 valence electrons. The SMILES string of the molecule is COc1ccc(-c2[nH]ncc2-c2nc3c(cnn3CC(C)C)[nH]2)cc1. The van der Waals surface area contributed by atoms with Gasteiger partial charge >= 0.3 is 0 Å². The summed E-state index contributed by atoms with van der Waals surface area (Å²) in [6, 6.07) is 7.86. The van der Waals surface area contributed by atoms with Crippen molar-refractivity contribution in [1.82, 2.24) is 29.9 Å². The zero-order valence-electron chi connectivity index (χ0n) is 14.4. The molecule has 7 heteroatoms. The molecule has 0 radical (unpaired) electrons. The molecule has 0 aliphatic rings. The maximum atomic E-state index is 5.22. The van der Waals surface area contributed by atoms with Crippen LogP contribution in [-0.2, 0) is 6.54 Å². The maximum Gasteiger partial charge on any atom is 0.176 e. The van der Waals surface area contributed by atoms with Crippen molar-refractivity contribution in [2.24, 2.45) is 5.92 Å². The van der Waals surface area contributed by atoms with Crippen molar-refractivity contribution >= 4 is 11.2 Å². The Labute approximate surface area is 145 Å². The third-order valence-corrected chi connectivity index (χ3v) is 4.09. The van der Waals surface area contributed by atoms with Crippen LogP contribution in [0, 0.1) is 5.92 Å². The Bertz CT molecular complexity index is 992. The van der Waals surface area contributed by atoms with E-state index in [1.165, 1.54) is 0 Å². The van der Waals surface area contributed by atoms with Crippen LogP contribution in [0.3, 0.4) is 0 Å². The van der Waals surface area contributed by atoms with Gasteiger partial charge in [0.1, 0.15) is 17.1 Å². The van der Waals surface area contributed by atoms with E-state index in [1.54, 1.807) is 13.3 Å². The first-order valence-electron chi connectivity index (χ1n) is 8.25. The summed E-state index contributed by atoms with van der Waals surface area (Å²) >= 11 is 0. The van der Waals surface area contributed by atoms with E-state index < -0.39 is 0 Å². The molecule has 0 unspecified atom stereocenters. The number of nitrogens with zero attached hydrogens (tertiary/aromatic N) is 4. The van der Waals surface area contributed by atoms with E-state index in [9.17, 15) is 0 Å². The lowest BCUT2D eigenvalue weighted by Crippen LogP contribution is -2.05. The average molecular weight is 336 g/mol. The Hall–Kier alpha value is -3.09. The van der Waals surface area contributed by atoms with Crippen molar-refractivity contribution in [3.8, 4) is 28.4 Å². The summed E-state index contributed by atoms with van der Waals surface area (Å²) in [7, 11) is 1.66. The van der Waals surface area contributed by atoms with Gasteiger partial charge in [-0.05, 0) is 30.2 Å². The van der Waals surface area contributed by atoms with Gasteiger partial charge in [-0.3, -0.25) is 5.10 Å². The van der Waals surface area contributed by atoms with Gasteiger partial charge in [-0.2, -0.15) is 10.2 Å². The van der Waals surface area contributed by atoms with Crippen LogP contribution < -0.4 is 4.74 Å². The summed E-state index contributed by atoms with van der Waals surface area (Å²) in [5, 5.41) is 11.7. The van der Waals surface area contributed by atoms with Gasteiger partial charge in [-0.25, -0.2) is 9.67 Å². The van der Waals surface area contributed by atoms with Crippen molar-refractivity contribution in [2.75, 3.05) is 7.11 Å². The Morgan fingerprint density at radius 2 is 1.96 bits per heavy atom. The Kier molecular flexibility index (Phi) is 3.76. The second-order valence-corrected chi connectivity index (χ2v) is 6.43. The van der Waals surface area contributed by atoms with E-state index in [0.717, 1.165) is 46.1 Å². The molecule has 0 fully saturated rings. The molecule has 0 aliphatic carbocycles. The monoisotopic (exact) mass is 336 g/mol. The van der Waals surface area contributed by atoms with E-state index in [1.807, 2.05) is 35.1 Å². The fraction of sp³-hybridized carbons (Fsp3) is 0.278. The molecular formula is C18H20N6O. The molecule has 7 nitrogen and oxygen atoms in total. The highest BCUT2D eigenvalue weighted by Crippen LogP contribution is 2.30. The minimum Gasteiger partial charge on any atom is -0.497 e. The van der Waals surface area contributed by atoms with Crippen molar-refractivity contribution < 1.29 is 4.74 Å². The van der Waals surface area contributed by atoms with Crippen LogP contribution in [0.4, 0.5) is 0 Å². The first-order valence-corrected chi connectivity index (χ1v) is 8.25. The van der Waals surface area contributed by atoms with Gasteiger partial charge in [0.15, 0.2) is 5.65 Å².